The molecule has 0 aromatic carbocycles. The lowest BCUT2D eigenvalue weighted by atomic mass is 10.2. The van der Waals surface area contributed by atoms with Crippen molar-refractivity contribution in [2.24, 2.45) is 0 Å². The number of methoxy groups -OCH3 is 1. The predicted octanol–water partition coefficient (Wildman–Crippen LogP) is 0.734. The van der Waals surface area contributed by atoms with Gasteiger partial charge in [0.1, 0.15) is 5.69 Å². The number of nitrogens with one attached hydrogen (secondary N) is 2. The van der Waals surface area contributed by atoms with E-state index in [0.29, 0.717) is 10.5 Å². The van der Waals surface area contributed by atoms with Gasteiger partial charge in [0.05, 0.1) is 20.3 Å². The molecule has 1 saturated heterocycles. The minimum Gasteiger partial charge on any atom is -0.464 e. The molecule has 0 spiro atoms. The molecular formula is C11H17N3O3S. The van der Waals surface area contributed by atoms with Gasteiger partial charge in [0.2, 0.25) is 0 Å². The Morgan fingerprint density at radius 3 is 2.83 bits per heavy atom. The summed E-state index contributed by atoms with van der Waals surface area (Å²) in [7, 11) is 1.36. The molecule has 100 valence electrons. The Morgan fingerprint density at radius 2 is 2.17 bits per heavy atom. The Labute approximate surface area is 110 Å². The fourth-order valence-electron chi connectivity index (χ4n) is 1.98. The number of carbonyl (C=O) groups is 1. The second-order valence-corrected chi connectivity index (χ2v) is 4.54. The average Bonchev–Trinajstić information content (AvgIpc) is 2.78. The molecule has 1 aliphatic rings. The molecule has 1 aromatic rings. The first-order valence-corrected chi connectivity index (χ1v) is 6.31. The zero-order chi connectivity index (χ0) is 13.0. The van der Waals surface area contributed by atoms with Crippen molar-refractivity contribution in [1.82, 2.24) is 14.9 Å². The number of rotatable bonds is 4. The Kier molecular flexibility index (Phi) is 4.51. The fourth-order valence-corrected chi connectivity index (χ4v) is 2.20. The third kappa shape index (κ3) is 3.18. The number of nitrogens with zero attached hydrogens (tertiary/aromatic N) is 1. The van der Waals surface area contributed by atoms with Gasteiger partial charge in [0, 0.05) is 31.7 Å². The first-order valence-electron chi connectivity index (χ1n) is 5.90. The van der Waals surface area contributed by atoms with Crippen LogP contribution in [0.2, 0.25) is 0 Å². The van der Waals surface area contributed by atoms with E-state index in [9.17, 15) is 4.79 Å². The minimum absolute atomic E-state index is 0.390. The normalized spacial score (nSPS) is 16.7. The van der Waals surface area contributed by atoms with Crippen molar-refractivity contribution in [1.29, 1.82) is 0 Å². The Morgan fingerprint density at radius 1 is 1.44 bits per heavy atom. The smallest absolute Gasteiger partial charge is 0.356 e. The maximum atomic E-state index is 11.5. The summed E-state index contributed by atoms with van der Waals surface area (Å²) < 4.78 is 10.5. The van der Waals surface area contributed by atoms with Crippen molar-refractivity contribution in [3.63, 3.8) is 0 Å². The highest BCUT2D eigenvalue weighted by Crippen LogP contribution is 2.08. The monoisotopic (exact) mass is 271 g/mol. The molecule has 0 radical (unpaired) electrons. The molecule has 2 rings (SSSR count). The van der Waals surface area contributed by atoms with E-state index in [4.69, 9.17) is 21.7 Å². The molecule has 0 unspecified atom stereocenters. The summed E-state index contributed by atoms with van der Waals surface area (Å²) in [6.45, 7) is 4.27. The molecular weight excluding hydrogens is 254 g/mol. The van der Waals surface area contributed by atoms with Crippen molar-refractivity contribution >= 4 is 18.2 Å². The quantitative estimate of drug-likeness (QED) is 0.624. The maximum absolute atomic E-state index is 11.5. The van der Waals surface area contributed by atoms with Gasteiger partial charge in [-0.3, -0.25) is 4.90 Å². The van der Waals surface area contributed by atoms with Crippen molar-refractivity contribution in [3.8, 4) is 0 Å². The number of esters is 1. The van der Waals surface area contributed by atoms with Crippen LogP contribution in [0.15, 0.2) is 0 Å². The van der Waals surface area contributed by atoms with E-state index in [0.717, 1.165) is 45.0 Å². The molecule has 0 amide bonds. The van der Waals surface area contributed by atoms with Gasteiger partial charge < -0.3 is 19.4 Å². The van der Waals surface area contributed by atoms with Crippen LogP contribution in [0.5, 0.6) is 0 Å². The van der Waals surface area contributed by atoms with E-state index in [1.807, 2.05) is 0 Å². The largest absolute Gasteiger partial charge is 0.464 e. The van der Waals surface area contributed by atoms with Crippen molar-refractivity contribution in [3.05, 3.63) is 16.2 Å². The van der Waals surface area contributed by atoms with Gasteiger partial charge in [0.15, 0.2) is 4.77 Å². The van der Waals surface area contributed by atoms with E-state index in [2.05, 4.69) is 14.9 Å². The Hall–Kier alpha value is -1.18. The summed E-state index contributed by atoms with van der Waals surface area (Å²) in [5, 5.41) is 0. The predicted molar refractivity (Wildman–Crippen MR) is 68.3 cm³/mol. The van der Waals surface area contributed by atoms with E-state index in [1.54, 1.807) is 0 Å². The number of aromatic amines is 2. The second kappa shape index (κ2) is 6.12. The minimum atomic E-state index is -0.390. The fraction of sp³-hybridized carbons (Fsp3) is 0.636. The standard InChI is InChI=1S/C11H17N3O3S/c1-16-10(15)9-8(12-11(18)13-9)2-3-14-4-6-17-7-5-14/h2-7H2,1H3,(H2,12,13,18). The number of aromatic nitrogens is 2. The molecule has 0 atom stereocenters. The average molecular weight is 271 g/mol. The Bertz CT molecular complexity index is 462. The van der Waals surface area contributed by atoms with E-state index < -0.39 is 0 Å². The molecule has 0 saturated carbocycles. The zero-order valence-electron chi connectivity index (χ0n) is 10.3. The molecule has 2 heterocycles. The summed E-state index contributed by atoms with van der Waals surface area (Å²) in [4.78, 5) is 19.7. The van der Waals surface area contributed by atoms with Gasteiger partial charge in [-0.1, -0.05) is 0 Å². The SMILES string of the molecule is COC(=O)c1[nH]c(=S)[nH]c1CCN1CCOCC1. The number of carbonyl (C=O) groups excluding carboxylic acids is 1. The highest BCUT2D eigenvalue weighted by atomic mass is 32.1. The number of morpholine rings is 1. The van der Waals surface area contributed by atoms with Crippen LogP contribution < -0.4 is 0 Å². The number of imidazole rings is 1. The molecule has 0 aliphatic carbocycles. The van der Waals surface area contributed by atoms with Gasteiger partial charge in [-0.2, -0.15) is 0 Å². The summed E-state index contributed by atoms with van der Waals surface area (Å²) in [5.74, 6) is -0.390. The molecule has 1 aromatic heterocycles. The number of ether oxygens (including phenoxy) is 2. The Balaban J connectivity index is 1.99. The van der Waals surface area contributed by atoms with Gasteiger partial charge in [0.25, 0.3) is 0 Å². The number of H-pyrrole nitrogens is 2. The topological polar surface area (TPSA) is 70.4 Å². The van der Waals surface area contributed by atoms with Crippen LogP contribution in [0.3, 0.4) is 0 Å². The molecule has 6 nitrogen and oxygen atoms in total. The highest BCUT2D eigenvalue weighted by molar-refractivity contribution is 7.71. The number of hydrogen-bond acceptors (Lipinski definition) is 5. The third-order valence-electron chi connectivity index (χ3n) is 2.98. The van der Waals surface area contributed by atoms with E-state index in [1.165, 1.54) is 7.11 Å². The zero-order valence-corrected chi connectivity index (χ0v) is 11.1. The third-order valence-corrected chi connectivity index (χ3v) is 3.18. The molecule has 7 heteroatoms. The van der Waals surface area contributed by atoms with Crippen molar-refractivity contribution in [2.45, 2.75) is 6.42 Å². The first-order chi connectivity index (χ1) is 8.70. The molecule has 2 N–H and O–H groups in total. The molecule has 18 heavy (non-hydrogen) atoms. The maximum Gasteiger partial charge on any atom is 0.356 e. The summed E-state index contributed by atoms with van der Waals surface area (Å²) >= 11 is 5.01. The summed E-state index contributed by atoms with van der Waals surface area (Å²) in [6.07, 6.45) is 0.734. The van der Waals surface area contributed by atoms with Crippen LogP contribution in [0, 0.1) is 4.77 Å². The molecule has 1 aliphatic heterocycles. The molecule has 0 bridgehead atoms. The van der Waals surface area contributed by atoms with Gasteiger partial charge in [-0.15, -0.1) is 0 Å². The summed E-state index contributed by atoms with van der Waals surface area (Å²) in [6, 6.07) is 0. The van der Waals surface area contributed by atoms with Crippen molar-refractivity contribution in [2.75, 3.05) is 40.0 Å². The van der Waals surface area contributed by atoms with Crippen molar-refractivity contribution < 1.29 is 14.3 Å². The highest BCUT2D eigenvalue weighted by Gasteiger charge is 2.16. The number of hydrogen-bond donors (Lipinski definition) is 2. The second-order valence-electron chi connectivity index (χ2n) is 4.13. The van der Waals surface area contributed by atoms with Crippen LogP contribution >= 0.6 is 12.2 Å². The lowest BCUT2D eigenvalue weighted by Crippen LogP contribution is -2.37. The van der Waals surface area contributed by atoms with E-state index >= 15 is 0 Å². The lowest BCUT2D eigenvalue weighted by molar-refractivity contribution is 0.0382. The molecule has 1 fully saturated rings. The van der Waals surface area contributed by atoms with Crippen LogP contribution in [0.1, 0.15) is 16.2 Å². The van der Waals surface area contributed by atoms with Crippen LogP contribution in [-0.2, 0) is 15.9 Å². The van der Waals surface area contributed by atoms with Crippen LogP contribution in [0.4, 0.5) is 0 Å². The van der Waals surface area contributed by atoms with Gasteiger partial charge in [-0.05, 0) is 12.2 Å². The van der Waals surface area contributed by atoms with Crippen LogP contribution in [0.25, 0.3) is 0 Å². The lowest BCUT2D eigenvalue weighted by Gasteiger charge is -2.26. The van der Waals surface area contributed by atoms with Gasteiger partial charge in [-0.25, -0.2) is 4.79 Å². The van der Waals surface area contributed by atoms with E-state index in [-0.39, 0.29) is 5.97 Å². The van der Waals surface area contributed by atoms with Crippen LogP contribution in [-0.4, -0.2) is 60.8 Å². The summed E-state index contributed by atoms with van der Waals surface area (Å²) in [5.41, 5.74) is 1.23. The van der Waals surface area contributed by atoms with Gasteiger partial charge >= 0.3 is 5.97 Å². The first kappa shape index (κ1) is 13.3.